The third-order valence-electron chi connectivity index (χ3n) is 4.99. The van der Waals surface area contributed by atoms with E-state index in [1.165, 1.54) is 4.31 Å². The number of nitrogens with zero attached hydrogens (tertiary/aromatic N) is 2. The monoisotopic (exact) mass is 372 g/mol. The molecule has 2 aliphatic rings. The quantitative estimate of drug-likeness (QED) is 0.841. The van der Waals surface area contributed by atoms with Gasteiger partial charge in [0, 0.05) is 45.0 Å². The Bertz CT molecular complexity index is 684. The number of sulfonamides is 1. The van der Waals surface area contributed by atoms with Gasteiger partial charge in [-0.25, -0.2) is 12.8 Å². The van der Waals surface area contributed by atoms with Crippen LogP contribution in [0.15, 0.2) is 18.2 Å². The Labute approximate surface area is 148 Å². The van der Waals surface area contributed by atoms with Gasteiger partial charge < -0.3 is 14.7 Å². The van der Waals surface area contributed by atoms with E-state index < -0.39 is 15.8 Å². The van der Waals surface area contributed by atoms with Gasteiger partial charge in [0.25, 0.3) is 0 Å². The van der Waals surface area contributed by atoms with Crippen LogP contribution in [0.2, 0.25) is 0 Å². The highest BCUT2D eigenvalue weighted by Crippen LogP contribution is 2.25. The fourth-order valence-electron chi connectivity index (χ4n) is 3.46. The van der Waals surface area contributed by atoms with Gasteiger partial charge in [-0.05, 0) is 24.8 Å². The minimum atomic E-state index is -3.29. The van der Waals surface area contributed by atoms with Crippen LogP contribution >= 0.6 is 0 Å². The summed E-state index contributed by atoms with van der Waals surface area (Å²) < 4.78 is 46.4. The second-order valence-electron chi connectivity index (χ2n) is 6.63. The zero-order valence-corrected chi connectivity index (χ0v) is 15.0. The van der Waals surface area contributed by atoms with Crippen LogP contribution in [0.25, 0.3) is 0 Å². The fourth-order valence-corrected chi connectivity index (χ4v) is 5.32. The van der Waals surface area contributed by atoms with Gasteiger partial charge in [0.1, 0.15) is 0 Å². The molecule has 0 amide bonds. The Morgan fingerprint density at radius 2 is 1.84 bits per heavy atom. The number of anilines is 1. The minimum absolute atomic E-state index is 0.162. The standard InChI is InChI=1S/C17H25FN2O4S/c18-17-15(12-21)2-1-3-16(17)19-6-8-20(9-7-19)25(22,23)13-14-4-10-24-11-5-14/h1-3,14,21H,4-13H2. The molecule has 0 aliphatic carbocycles. The van der Waals surface area contributed by atoms with Crippen LogP contribution < -0.4 is 4.90 Å². The first kappa shape index (κ1) is 18.6. The van der Waals surface area contributed by atoms with Gasteiger partial charge in [0.05, 0.1) is 18.0 Å². The molecule has 25 heavy (non-hydrogen) atoms. The Balaban J connectivity index is 1.61. The van der Waals surface area contributed by atoms with Crippen LogP contribution in [-0.4, -0.2) is 63.0 Å². The molecule has 0 unspecified atom stereocenters. The van der Waals surface area contributed by atoms with Crippen LogP contribution in [0.5, 0.6) is 0 Å². The van der Waals surface area contributed by atoms with E-state index in [-0.39, 0.29) is 23.8 Å². The number of hydrogen-bond donors (Lipinski definition) is 1. The Hall–Kier alpha value is -1.22. The number of aliphatic hydroxyl groups is 1. The molecule has 0 spiro atoms. The Kier molecular flexibility index (Phi) is 5.93. The predicted octanol–water partition coefficient (Wildman–Crippen LogP) is 1.20. The molecule has 0 bridgehead atoms. The highest BCUT2D eigenvalue weighted by atomic mass is 32.2. The summed E-state index contributed by atoms with van der Waals surface area (Å²) in [4.78, 5) is 1.84. The van der Waals surface area contributed by atoms with E-state index in [9.17, 15) is 17.9 Å². The fraction of sp³-hybridized carbons (Fsp3) is 0.647. The Morgan fingerprint density at radius 3 is 2.48 bits per heavy atom. The number of benzene rings is 1. The molecule has 1 aromatic rings. The summed E-state index contributed by atoms with van der Waals surface area (Å²) in [6, 6.07) is 4.92. The normalized spacial score (nSPS) is 20.8. The van der Waals surface area contributed by atoms with Gasteiger partial charge in [-0.2, -0.15) is 4.31 Å². The first-order valence-corrected chi connectivity index (χ1v) is 10.3. The van der Waals surface area contributed by atoms with Crippen molar-refractivity contribution < 1.29 is 22.7 Å². The average Bonchev–Trinajstić information content (AvgIpc) is 2.62. The van der Waals surface area contributed by atoms with Gasteiger partial charge in [0.2, 0.25) is 10.0 Å². The van der Waals surface area contributed by atoms with Gasteiger partial charge in [-0.1, -0.05) is 12.1 Å². The molecule has 0 atom stereocenters. The molecule has 1 aromatic carbocycles. The number of piperazine rings is 1. The van der Waals surface area contributed by atoms with Crippen LogP contribution in [0, 0.1) is 11.7 Å². The van der Waals surface area contributed by atoms with E-state index in [2.05, 4.69) is 0 Å². The van der Waals surface area contributed by atoms with Crippen molar-refractivity contribution in [3.63, 3.8) is 0 Å². The highest BCUT2D eigenvalue weighted by molar-refractivity contribution is 7.89. The lowest BCUT2D eigenvalue weighted by Crippen LogP contribution is -2.50. The zero-order valence-electron chi connectivity index (χ0n) is 14.2. The molecule has 2 fully saturated rings. The summed E-state index contributed by atoms with van der Waals surface area (Å²) >= 11 is 0. The van der Waals surface area contributed by atoms with Crippen molar-refractivity contribution in [1.29, 1.82) is 0 Å². The first-order chi connectivity index (χ1) is 12.0. The lowest BCUT2D eigenvalue weighted by atomic mass is 10.0. The lowest BCUT2D eigenvalue weighted by Gasteiger charge is -2.36. The molecule has 2 saturated heterocycles. The van der Waals surface area contributed by atoms with Crippen LogP contribution in [0.3, 0.4) is 0 Å². The maximum absolute atomic E-state index is 14.4. The number of ether oxygens (including phenoxy) is 1. The number of hydrogen-bond acceptors (Lipinski definition) is 5. The lowest BCUT2D eigenvalue weighted by molar-refractivity contribution is 0.0720. The van der Waals surface area contributed by atoms with Gasteiger partial charge in [-0.3, -0.25) is 0 Å². The molecular formula is C17H25FN2O4S. The third-order valence-corrected chi connectivity index (χ3v) is 7.03. The summed E-state index contributed by atoms with van der Waals surface area (Å²) in [6.07, 6.45) is 1.58. The van der Waals surface area contributed by atoms with Crippen LogP contribution in [0.1, 0.15) is 18.4 Å². The summed E-state index contributed by atoms with van der Waals surface area (Å²) in [5.74, 6) is -0.0935. The molecule has 2 heterocycles. The van der Waals surface area contributed by atoms with Crippen molar-refractivity contribution in [2.75, 3.05) is 50.0 Å². The number of rotatable bonds is 5. The predicted molar refractivity (Wildman–Crippen MR) is 93.4 cm³/mol. The van der Waals surface area contributed by atoms with Gasteiger partial charge >= 0.3 is 0 Å². The van der Waals surface area contributed by atoms with Crippen molar-refractivity contribution in [1.82, 2.24) is 4.31 Å². The van der Waals surface area contributed by atoms with Crippen LogP contribution in [0.4, 0.5) is 10.1 Å². The molecule has 3 rings (SSSR count). The molecule has 1 N–H and O–H groups in total. The van der Waals surface area contributed by atoms with Crippen molar-refractivity contribution >= 4 is 15.7 Å². The van der Waals surface area contributed by atoms with E-state index in [1.807, 2.05) is 4.90 Å². The largest absolute Gasteiger partial charge is 0.392 e. The summed E-state index contributed by atoms with van der Waals surface area (Å²) in [5, 5.41) is 9.19. The average molecular weight is 372 g/mol. The molecule has 140 valence electrons. The van der Waals surface area contributed by atoms with Crippen molar-refractivity contribution in [2.24, 2.45) is 5.92 Å². The van der Waals surface area contributed by atoms with Crippen molar-refractivity contribution in [3.8, 4) is 0 Å². The summed E-state index contributed by atoms with van der Waals surface area (Å²) in [5.41, 5.74) is 0.681. The molecule has 8 heteroatoms. The van der Waals surface area contributed by atoms with E-state index >= 15 is 0 Å². The van der Waals surface area contributed by atoms with Gasteiger partial charge in [0.15, 0.2) is 5.82 Å². The van der Waals surface area contributed by atoms with E-state index in [4.69, 9.17) is 4.74 Å². The third kappa shape index (κ3) is 4.31. The highest BCUT2D eigenvalue weighted by Gasteiger charge is 2.31. The number of halogens is 1. The van der Waals surface area contributed by atoms with Crippen molar-refractivity contribution in [3.05, 3.63) is 29.6 Å². The summed E-state index contributed by atoms with van der Waals surface area (Å²) in [7, 11) is -3.29. The topological polar surface area (TPSA) is 70.1 Å². The smallest absolute Gasteiger partial charge is 0.214 e. The second-order valence-corrected chi connectivity index (χ2v) is 8.64. The zero-order chi connectivity index (χ0) is 17.9. The molecule has 6 nitrogen and oxygen atoms in total. The Morgan fingerprint density at radius 1 is 1.16 bits per heavy atom. The van der Waals surface area contributed by atoms with Gasteiger partial charge in [-0.15, -0.1) is 0 Å². The SMILES string of the molecule is O=S(=O)(CC1CCOCC1)N1CCN(c2cccc(CO)c2F)CC1. The minimum Gasteiger partial charge on any atom is -0.392 e. The molecule has 2 aliphatic heterocycles. The first-order valence-electron chi connectivity index (χ1n) is 8.70. The van der Waals surface area contributed by atoms with E-state index in [0.29, 0.717) is 45.1 Å². The second kappa shape index (κ2) is 7.99. The molecule has 0 saturated carbocycles. The van der Waals surface area contributed by atoms with Crippen molar-refractivity contribution in [2.45, 2.75) is 19.4 Å². The molecular weight excluding hydrogens is 347 g/mol. The van der Waals surface area contributed by atoms with Crippen LogP contribution in [-0.2, 0) is 21.4 Å². The summed E-state index contributed by atoms with van der Waals surface area (Å²) in [6.45, 7) is 2.52. The maximum atomic E-state index is 14.4. The molecule has 0 radical (unpaired) electrons. The maximum Gasteiger partial charge on any atom is 0.214 e. The van der Waals surface area contributed by atoms with E-state index in [0.717, 1.165) is 12.8 Å². The molecule has 0 aromatic heterocycles. The number of aliphatic hydroxyl groups excluding tert-OH is 1. The van der Waals surface area contributed by atoms with E-state index in [1.54, 1.807) is 18.2 Å².